The summed E-state index contributed by atoms with van der Waals surface area (Å²) in [6.07, 6.45) is -4.53. The first-order valence-corrected chi connectivity index (χ1v) is 7.88. The van der Waals surface area contributed by atoms with Gasteiger partial charge < -0.3 is 10.2 Å². The molecule has 0 radical (unpaired) electrons. The van der Waals surface area contributed by atoms with Crippen molar-refractivity contribution in [2.45, 2.75) is 20.0 Å². The summed E-state index contributed by atoms with van der Waals surface area (Å²) in [7, 11) is 1.37. The summed E-state index contributed by atoms with van der Waals surface area (Å²) >= 11 is 0. The molecule has 0 fully saturated rings. The van der Waals surface area contributed by atoms with Gasteiger partial charge in [-0.25, -0.2) is 0 Å². The Morgan fingerprint density at radius 2 is 1.62 bits per heavy atom. The molecule has 0 spiro atoms. The zero-order valence-electron chi connectivity index (χ0n) is 14.6. The van der Waals surface area contributed by atoms with Crippen molar-refractivity contribution in [1.82, 2.24) is 4.90 Å². The maximum atomic E-state index is 12.8. The number of alkyl halides is 3. The SMILES string of the molecule is Cc1cccc(C)c1NC(=O)CN(C)C(=O)c1cccc(C(F)(F)F)c1. The molecule has 7 heteroatoms. The Balaban J connectivity index is 2.08. The molecule has 2 amide bonds. The van der Waals surface area contributed by atoms with E-state index in [1.54, 1.807) is 0 Å². The van der Waals surface area contributed by atoms with Gasteiger partial charge in [-0.15, -0.1) is 0 Å². The largest absolute Gasteiger partial charge is 0.416 e. The lowest BCUT2D eigenvalue weighted by molar-refractivity contribution is -0.137. The van der Waals surface area contributed by atoms with Crippen molar-refractivity contribution in [3.05, 3.63) is 64.7 Å². The van der Waals surface area contributed by atoms with Gasteiger partial charge in [0.15, 0.2) is 0 Å². The molecule has 2 aromatic rings. The number of aryl methyl sites for hydroxylation is 2. The van der Waals surface area contributed by atoms with E-state index >= 15 is 0 Å². The van der Waals surface area contributed by atoms with Crippen molar-refractivity contribution in [2.24, 2.45) is 0 Å². The minimum absolute atomic E-state index is 0.123. The molecule has 0 aliphatic rings. The van der Waals surface area contributed by atoms with Crippen LogP contribution in [0.2, 0.25) is 0 Å². The van der Waals surface area contributed by atoms with Crippen molar-refractivity contribution < 1.29 is 22.8 Å². The molecule has 26 heavy (non-hydrogen) atoms. The van der Waals surface area contributed by atoms with Crippen molar-refractivity contribution in [3.63, 3.8) is 0 Å². The monoisotopic (exact) mass is 364 g/mol. The Morgan fingerprint density at radius 1 is 1.04 bits per heavy atom. The molecule has 0 saturated heterocycles. The standard InChI is InChI=1S/C19H19F3N2O2/c1-12-6-4-7-13(2)17(12)23-16(25)11-24(3)18(26)14-8-5-9-15(10-14)19(20,21)22/h4-10H,11H2,1-3H3,(H,23,25). The summed E-state index contributed by atoms with van der Waals surface area (Å²) in [4.78, 5) is 25.6. The number of hydrogen-bond donors (Lipinski definition) is 1. The second-order valence-electron chi connectivity index (χ2n) is 6.05. The maximum Gasteiger partial charge on any atom is 0.416 e. The summed E-state index contributed by atoms with van der Waals surface area (Å²) in [5, 5.41) is 2.74. The summed E-state index contributed by atoms with van der Waals surface area (Å²) in [6, 6.07) is 9.69. The predicted octanol–water partition coefficient (Wildman–Crippen LogP) is 4.03. The molecule has 0 aliphatic carbocycles. The van der Waals surface area contributed by atoms with Crippen LogP contribution >= 0.6 is 0 Å². The van der Waals surface area contributed by atoms with Gasteiger partial charge in [-0.1, -0.05) is 24.3 Å². The average molecular weight is 364 g/mol. The van der Waals surface area contributed by atoms with E-state index in [-0.39, 0.29) is 12.1 Å². The predicted molar refractivity (Wildman–Crippen MR) is 93.0 cm³/mol. The minimum atomic E-state index is -4.53. The Morgan fingerprint density at radius 3 is 2.19 bits per heavy atom. The maximum absolute atomic E-state index is 12.8. The van der Waals surface area contributed by atoms with E-state index in [4.69, 9.17) is 0 Å². The van der Waals surface area contributed by atoms with Crippen LogP contribution in [0, 0.1) is 13.8 Å². The van der Waals surface area contributed by atoms with Gasteiger partial charge >= 0.3 is 6.18 Å². The molecule has 2 rings (SSSR count). The van der Waals surface area contributed by atoms with Crippen LogP contribution in [0.25, 0.3) is 0 Å². The van der Waals surface area contributed by atoms with Crippen LogP contribution in [0.5, 0.6) is 0 Å². The quantitative estimate of drug-likeness (QED) is 0.890. The van der Waals surface area contributed by atoms with Crippen LogP contribution in [0.4, 0.5) is 18.9 Å². The number of amides is 2. The molecule has 0 atom stereocenters. The Kier molecular flexibility index (Phi) is 5.69. The number of likely N-dealkylation sites (N-methyl/N-ethyl adjacent to an activating group) is 1. The fraction of sp³-hybridized carbons (Fsp3) is 0.263. The zero-order valence-corrected chi connectivity index (χ0v) is 14.6. The van der Waals surface area contributed by atoms with E-state index in [1.807, 2.05) is 32.0 Å². The third-order valence-electron chi connectivity index (χ3n) is 3.91. The number of anilines is 1. The van der Waals surface area contributed by atoms with E-state index in [9.17, 15) is 22.8 Å². The third kappa shape index (κ3) is 4.62. The lowest BCUT2D eigenvalue weighted by atomic mass is 10.1. The highest BCUT2D eigenvalue weighted by atomic mass is 19.4. The van der Waals surface area contributed by atoms with E-state index in [0.717, 1.165) is 28.2 Å². The summed E-state index contributed by atoms with van der Waals surface area (Å²) in [6.45, 7) is 3.42. The normalized spacial score (nSPS) is 11.2. The van der Waals surface area contributed by atoms with E-state index in [2.05, 4.69) is 5.32 Å². The molecule has 1 N–H and O–H groups in total. The average Bonchev–Trinajstić information content (AvgIpc) is 2.57. The number of rotatable bonds is 4. The highest BCUT2D eigenvalue weighted by molar-refractivity contribution is 5.99. The molecular weight excluding hydrogens is 345 g/mol. The van der Waals surface area contributed by atoms with Gasteiger partial charge in [-0.3, -0.25) is 9.59 Å². The Labute approximate surface area is 149 Å². The minimum Gasteiger partial charge on any atom is -0.332 e. The van der Waals surface area contributed by atoms with Crippen LogP contribution in [-0.2, 0) is 11.0 Å². The Bertz CT molecular complexity index is 812. The smallest absolute Gasteiger partial charge is 0.332 e. The van der Waals surface area contributed by atoms with E-state index in [0.29, 0.717) is 5.69 Å². The molecule has 0 unspecified atom stereocenters. The van der Waals surface area contributed by atoms with Gasteiger partial charge in [-0.05, 0) is 43.2 Å². The van der Waals surface area contributed by atoms with E-state index < -0.39 is 23.6 Å². The molecule has 0 aromatic heterocycles. The fourth-order valence-electron chi connectivity index (χ4n) is 2.53. The van der Waals surface area contributed by atoms with Gasteiger partial charge in [0.25, 0.3) is 5.91 Å². The molecule has 0 saturated carbocycles. The lowest BCUT2D eigenvalue weighted by Crippen LogP contribution is -2.35. The molecule has 2 aromatic carbocycles. The number of carbonyl (C=O) groups is 2. The second-order valence-corrected chi connectivity index (χ2v) is 6.05. The lowest BCUT2D eigenvalue weighted by Gasteiger charge is -2.19. The summed E-state index contributed by atoms with van der Waals surface area (Å²) in [5.74, 6) is -1.09. The number of nitrogens with zero attached hydrogens (tertiary/aromatic N) is 1. The van der Waals surface area contributed by atoms with Crippen LogP contribution in [0.15, 0.2) is 42.5 Å². The third-order valence-corrected chi connectivity index (χ3v) is 3.91. The van der Waals surface area contributed by atoms with Crippen LogP contribution in [0.1, 0.15) is 27.0 Å². The van der Waals surface area contributed by atoms with Crippen molar-refractivity contribution in [2.75, 3.05) is 18.9 Å². The number of nitrogens with one attached hydrogen (secondary N) is 1. The van der Waals surface area contributed by atoms with Crippen molar-refractivity contribution in [1.29, 1.82) is 0 Å². The number of hydrogen-bond acceptors (Lipinski definition) is 2. The van der Waals surface area contributed by atoms with Crippen LogP contribution in [0.3, 0.4) is 0 Å². The molecule has 138 valence electrons. The topological polar surface area (TPSA) is 49.4 Å². The Hall–Kier alpha value is -2.83. The van der Waals surface area contributed by atoms with Crippen LogP contribution < -0.4 is 5.32 Å². The summed E-state index contributed by atoms with van der Waals surface area (Å²) < 4.78 is 38.3. The number of carbonyl (C=O) groups excluding carboxylic acids is 2. The number of halogens is 3. The zero-order chi connectivity index (χ0) is 19.5. The number of benzene rings is 2. The first-order valence-electron chi connectivity index (χ1n) is 7.88. The fourth-order valence-corrected chi connectivity index (χ4v) is 2.53. The van der Waals surface area contributed by atoms with Crippen LogP contribution in [-0.4, -0.2) is 30.3 Å². The van der Waals surface area contributed by atoms with Crippen molar-refractivity contribution >= 4 is 17.5 Å². The summed E-state index contributed by atoms with van der Waals surface area (Å²) in [5.41, 5.74) is 1.40. The van der Waals surface area contributed by atoms with E-state index in [1.165, 1.54) is 19.2 Å². The first-order chi connectivity index (χ1) is 12.1. The first kappa shape index (κ1) is 19.5. The van der Waals surface area contributed by atoms with Crippen molar-refractivity contribution in [3.8, 4) is 0 Å². The highest BCUT2D eigenvalue weighted by Crippen LogP contribution is 2.29. The molecule has 0 aliphatic heterocycles. The molecular formula is C19H19F3N2O2. The number of para-hydroxylation sites is 1. The molecule has 0 bridgehead atoms. The molecule has 0 heterocycles. The highest BCUT2D eigenvalue weighted by Gasteiger charge is 2.31. The van der Waals surface area contributed by atoms with Gasteiger partial charge in [0.05, 0.1) is 12.1 Å². The van der Waals surface area contributed by atoms with Gasteiger partial charge in [0, 0.05) is 18.3 Å². The van der Waals surface area contributed by atoms with Gasteiger partial charge in [-0.2, -0.15) is 13.2 Å². The second kappa shape index (κ2) is 7.59. The molecule has 4 nitrogen and oxygen atoms in total. The van der Waals surface area contributed by atoms with Gasteiger partial charge in [0.2, 0.25) is 5.91 Å². The van der Waals surface area contributed by atoms with Gasteiger partial charge in [0.1, 0.15) is 0 Å².